The van der Waals surface area contributed by atoms with Gasteiger partial charge in [-0.15, -0.1) is 11.3 Å². The number of aryl methyl sites for hydroxylation is 2. The number of hydrogen-bond donors (Lipinski definition) is 2. The monoisotopic (exact) mass is 256 g/mol. The van der Waals surface area contributed by atoms with Gasteiger partial charge in [-0.05, 0) is 31.9 Å². The van der Waals surface area contributed by atoms with Gasteiger partial charge < -0.3 is 4.74 Å². The van der Waals surface area contributed by atoms with E-state index in [0.29, 0.717) is 4.88 Å². The van der Waals surface area contributed by atoms with Crippen molar-refractivity contribution in [3.8, 4) is 0 Å². The van der Waals surface area contributed by atoms with Crippen LogP contribution < -0.4 is 10.9 Å². The molecule has 2 amide bonds. The van der Waals surface area contributed by atoms with Gasteiger partial charge in [0.05, 0.1) is 11.5 Å². The topological polar surface area (TPSA) is 67.4 Å². The first-order chi connectivity index (χ1) is 8.08. The molecule has 6 heteroatoms. The number of carbonyl (C=O) groups is 2. The number of rotatable bonds is 3. The normalized spacial score (nSPS) is 9.82. The van der Waals surface area contributed by atoms with Crippen molar-refractivity contribution >= 4 is 23.3 Å². The highest BCUT2D eigenvalue weighted by atomic mass is 32.1. The summed E-state index contributed by atoms with van der Waals surface area (Å²) in [6.45, 7) is 5.96. The van der Waals surface area contributed by atoms with E-state index in [1.807, 2.05) is 19.9 Å². The van der Waals surface area contributed by atoms with Crippen LogP contribution in [-0.2, 0) is 11.2 Å². The third-order valence-corrected chi connectivity index (χ3v) is 3.27. The molecule has 1 heterocycles. The third kappa shape index (κ3) is 3.74. The number of ether oxygens (including phenoxy) is 1. The molecule has 94 valence electrons. The summed E-state index contributed by atoms with van der Waals surface area (Å²) in [5, 5.41) is 0. The molecule has 2 N–H and O–H groups in total. The summed E-state index contributed by atoms with van der Waals surface area (Å²) in [6, 6.07) is 1.84. The van der Waals surface area contributed by atoms with Crippen LogP contribution >= 0.6 is 11.3 Å². The van der Waals surface area contributed by atoms with E-state index in [1.54, 1.807) is 6.92 Å². The molecular formula is C11H16N2O3S. The zero-order valence-electron chi connectivity index (χ0n) is 10.1. The lowest BCUT2D eigenvalue weighted by molar-refractivity contribution is 0.0916. The highest BCUT2D eigenvalue weighted by Crippen LogP contribution is 2.21. The SMILES string of the molecule is CCOC(=O)NNC(=O)c1cc(CC)c(C)s1. The summed E-state index contributed by atoms with van der Waals surface area (Å²) < 4.78 is 4.62. The second-order valence-electron chi connectivity index (χ2n) is 3.35. The van der Waals surface area contributed by atoms with Gasteiger partial charge in [0.25, 0.3) is 5.91 Å². The molecule has 0 aliphatic rings. The molecule has 0 aliphatic heterocycles. The van der Waals surface area contributed by atoms with Gasteiger partial charge in [0.1, 0.15) is 0 Å². The minimum absolute atomic E-state index is 0.264. The maximum absolute atomic E-state index is 11.7. The van der Waals surface area contributed by atoms with E-state index < -0.39 is 6.09 Å². The molecule has 0 unspecified atom stereocenters. The molecule has 0 saturated carbocycles. The summed E-state index contributed by atoms with van der Waals surface area (Å²) >= 11 is 1.41. The van der Waals surface area contributed by atoms with E-state index in [4.69, 9.17) is 0 Å². The van der Waals surface area contributed by atoms with Crippen molar-refractivity contribution in [1.82, 2.24) is 10.9 Å². The van der Waals surface area contributed by atoms with Gasteiger partial charge in [0, 0.05) is 4.88 Å². The fraction of sp³-hybridized carbons (Fsp3) is 0.455. The molecule has 1 aromatic rings. The molecular weight excluding hydrogens is 240 g/mol. The molecule has 0 bridgehead atoms. The Kier molecular flexibility index (Phi) is 4.96. The van der Waals surface area contributed by atoms with Crippen LogP contribution in [0.2, 0.25) is 0 Å². The summed E-state index contributed by atoms with van der Waals surface area (Å²) in [7, 11) is 0. The fourth-order valence-electron chi connectivity index (χ4n) is 1.32. The number of hydrazine groups is 1. The Labute approximate surface area is 104 Å². The maximum Gasteiger partial charge on any atom is 0.426 e. The molecule has 0 fully saturated rings. The third-order valence-electron chi connectivity index (χ3n) is 2.18. The number of carbonyl (C=O) groups excluding carboxylic acids is 2. The number of hydrogen-bond acceptors (Lipinski definition) is 4. The van der Waals surface area contributed by atoms with Gasteiger partial charge in [-0.25, -0.2) is 10.2 Å². The lowest BCUT2D eigenvalue weighted by Crippen LogP contribution is -2.41. The maximum atomic E-state index is 11.7. The van der Waals surface area contributed by atoms with E-state index in [9.17, 15) is 9.59 Å². The first kappa shape index (κ1) is 13.5. The molecule has 1 rings (SSSR count). The molecule has 0 atom stereocenters. The molecule has 0 radical (unpaired) electrons. The molecule has 1 aromatic heterocycles. The predicted molar refractivity (Wildman–Crippen MR) is 66.1 cm³/mol. The molecule has 0 saturated heterocycles. The van der Waals surface area contributed by atoms with Crippen molar-refractivity contribution in [2.24, 2.45) is 0 Å². The van der Waals surface area contributed by atoms with Crippen molar-refractivity contribution in [3.05, 3.63) is 21.4 Å². The summed E-state index contributed by atoms with van der Waals surface area (Å²) in [5.74, 6) is -0.328. The van der Waals surface area contributed by atoms with Crippen molar-refractivity contribution in [1.29, 1.82) is 0 Å². The van der Waals surface area contributed by atoms with Gasteiger partial charge in [-0.1, -0.05) is 6.92 Å². The van der Waals surface area contributed by atoms with Crippen molar-refractivity contribution < 1.29 is 14.3 Å². The molecule has 0 spiro atoms. The van der Waals surface area contributed by atoms with Gasteiger partial charge in [0.2, 0.25) is 0 Å². The van der Waals surface area contributed by atoms with Gasteiger partial charge in [-0.3, -0.25) is 10.2 Å². The fourth-order valence-corrected chi connectivity index (χ4v) is 2.33. The minimum atomic E-state index is -0.662. The smallest absolute Gasteiger partial charge is 0.426 e. The van der Waals surface area contributed by atoms with Crippen molar-refractivity contribution in [2.45, 2.75) is 27.2 Å². The molecule has 0 aliphatic carbocycles. The zero-order valence-corrected chi connectivity index (χ0v) is 10.9. The minimum Gasteiger partial charge on any atom is -0.449 e. The van der Waals surface area contributed by atoms with E-state index >= 15 is 0 Å². The predicted octanol–water partition coefficient (Wildman–Crippen LogP) is 2.01. The number of nitrogens with one attached hydrogen (secondary N) is 2. The lowest BCUT2D eigenvalue weighted by Gasteiger charge is -2.05. The highest BCUT2D eigenvalue weighted by Gasteiger charge is 2.12. The Balaban J connectivity index is 2.55. The average molecular weight is 256 g/mol. The molecule has 0 aromatic carbocycles. The standard InChI is InChI=1S/C11H16N2O3S/c1-4-8-6-9(17-7(8)3)10(14)12-13-11(15)16-5-2/h6H,4-5H2,1-3H3,(H,12,14)(H,13,15). The molecule has 17 heavy (non-hydrogen) atoms. The first-order valence-electron chi connectivity index (χ1n) is 5.40. The average Bonchev–Trinajstić information content (AvgIpc) is 2.68. The van der Waals surface area contributed by atoms with Crippen LogP contribution in [0, 0.1) is 6.92 Å². The second-order valence-corrected chi connectivity index (χ2v) is 4.60. The van der Waals surface area contributed by atoms with Crippen LogP contribution in [0.5, 0.6) is 0 Å². The Morgan fingerprint density at radius 3 is 2.59 bits per heavy atom. The Morgan fingerprint density at radius 2 is 2.06 bits per heavy atom. The van der Waals surface area contributed by atoms with E-state index in [-0.39, 0.29) is 12.5 Å². The number of thiophene rings is 1. The highest BCUT2D eigenvalue weighted by molar-refractivity contribution is 7.14. The van der Waals surface area contributed by atoms with Crippen LogP contribution in [0.1, 0.15) is 34.0 Å². The lowest BCUT2D eigenvalue weighted by atomic mass is 10.2. The Morgan fingerprint density at radius 1 is 1.35 bits per heavy atom. The van der Waals surface area contributed by atoms with Crippen LogP contribution in [0.3, 0.4) is 0 Å². The van der Waals surface area contributed by atoms with Crippen molar-refractivity contribution in [3.63, 3.8) is 0 Å². The second kappa shape index (κ2) is 6.24. The summed E-state index contributed by atoms with van der Waals surface area (Å²) in [4.78, 5) is 24.3. The van der Waals surface area contributed by atoms with Gasteiger partial charge >= 0.3 is 6.09 Å². The quantitative estimate of drug-likeness (QED) is 0.813. The summed E-state index contributed by atoms with van der Waals surface area (Å²) in [5.41, 5.74) is 5.62. The number of amides is 2. The van der Waals surface area contributed by atoms with Crippen LogP contribution in [0.4, 0.5) is 4.79 Å². The van der Waals surface area contributed by atoms with E-state index in [0.717, 1.165) is 16.9 Å². The zero-order chi connectivity index (χ0) is 12.8. The van der Waals surface area contributed by atoms with Crippen LogP contribution in [0.15, 0.2) is 6.07 Å². The van der Waals surface area contributed by atoms with Crippen molar-refractivity contribution in [2.75, 3.05) is 6.61 Å². The largest absolute Gasteiger partial charge is 0.449 e. The Hall–Kier alpha value is -1.56. The van der Waals surface area contributed by atoms with Gasteiger partial charge in [-0.2, -0.15) is 0 Å². The molecule has 5 nitrogen and oxygen atoms in total. The Bertz CT molecular complexity index is 415. The first-order valence-corrected chi connectivity index (χ1v) is 6.22. The van der Waals surface area contributed by atoms with E-state index in [2.05, 4.69) is 15.6 Å². The summed E-state index contributed by atoms with van der Waals surface area (Å²) in [6.07, 6.45) is 0.228. The van der Waals surface area contributed by atoms with Gasteiger partial charge in [0.15, 0.2) is 0 Å². The van der Waals surface area contributed by atoms with E-state index in [1.165, 1.54) is 11.3 Å². The van der Waals surface area contributed by atoms with Crippen LogP contribution in [0.25, 0.3) is 0 Å². The van der Waals surface area contributed by atoms with Crippen LogP contribution in [-0.4, -0.2) is 18.6 Å².